The first kappa shape index (κ1) is 24.6. The summed E-state index contributed by atoms with van der Waals surface area (Å²) in [4.78, 5) is 34.9. The van der Waals surface area contributed by atoms with E-state index in [1.165, 1.54) is 7.11 Å². The molecule has 4 bridgehead atoms. The van der Waals surface area contributed by atoms with Gasteiger partial charge in [0.15, 0.2) is 23.7 Å². The molecule has 5 heterocycles. The SMILES string of the molecule is COC(=O)[C@@H]1COC(c2nc3oc2C24c5ccccc5NC2Oc2ccc(cc24)C[C@H](N)C(=O)N[C@H]3C(C)C)=N1. The molecule has 1 aromatic heterocycles. The van der Waals surface area contributed by atoms with Gasteiger partial charge < -0.3 is 35.0 Å². The van der Waals surface area contributed by atoms with Gasteiger partial charge in [-0.2, -0.15) is 0 Å². The number of aliphatic imine (C=N–C) groups is 1. The molecule has 7 rings (SSSR count). The second kappa shape index (κ2) is 8.82. The minimum absolute atomic E-state index is 0.0192. The lowest BCUT2D eigenvalue weighted by Crippen LogP contribution is -2.45. The molecule has 4 aliphatic heterocycles. The van der Waals surface area contributed by atoms with Gasteiger partial charge in [-0.05, 0) is 35.6 Å². The molecule has 0 aliphatic carbocycles. The van der Waals surface area contributed by atoms with E-state index in [4.69, 9.17) is 29.3 Å². The van der Waals surface area contributed by atoms with Gasteiger partial charge in [-0.3, -0.25) is 4.79 Å². The van der Waals surface area contributed by atoms with Crippen LogP contribution >= 0.6 is 0 Å². The zero-order valence-corrected chi connectivity index (χ0v) is 22.3. The maximum absolute atomic E-state index is 13.2. The van der Waals surface area contributed by atoms with E-state index >= 15 is 0 Å². The molecule has 4 N–H and O–H groups in total. The Kier molecular flexibility index (Phi) is 5.43. The third kappa shape index (κ3) is 3.40. The first-order chi connectivity index (χ1) is 19.3. The Balaban J connectivity index is 1.54. The molecule has 5 atom stereocenters. The Morgan fingerprint density at radius 1 is 1.18 bits per heavy atom. The number of oxazole rings is 1. The number of carbonyl (C=O) groups excluding carboxylic acids is 2. The highest BCUT2D eigenvalue weighted by Crippen LogP contribution is 2.58. The third-order valence-corrected chi connectivity index (χ3v) is 8.10. The van der Waals surface area contributed by atoms with Crippen molar-refractivity contribution in [1.82, 2.24) is 10.3 Å². The Bertz CT molecular complexity index is 1580. The average molecular weight is 544 g/mol. The van der Waals surface area contributed by atoms with Crippen LogP contribution in [0.4, 0.5) is 5.69 Å². The standard InChI is InChI=1S/C29H29N5O6/c1-13(2)21-26-34-22(25-31-19(12-38-25)27(36)37-3)23(40-26)29-15-6-4-5-7-18(15)32-28(29)39-20-9-8-14(10-16(20)29)11-17(30)24(35)33-21/h4-10,13,17,19,21,28,32H,11-12,30H2,1-3H3,(H,33,35)/t17-,19-,21-,28?,29?/m0/s1. The van der Waals surface area contributed by atoms with Gasteiger partial charge in [0.05, 0.1) is 13.2 Å². The number of benzene rings is 2. The summed E-state index contributed by atoms with van der Waals surface area (Å²) in [6.45, 7) is 3.95. The number of nitrogens with zero attached hydrogens (tertiary/aromatic N) is 2. The number of rotatable bonds is 3. The second-order valence-electron chi connectivity index (χ2n) is 10.9. The summed E-state index contributed by atoms with van der Waals surface area (Å²) in [7, 11) is 1.31. The van der Waals surface area contributed by atoms with Crippen molar-refractivity contribution in [2.75, 3.05) is 19.0 Å². The van der Waals surface area contributed by atoms with Gasteiger partial charge in [-0.1, -0.05) is 44.2 Å². The number of hydrogen-bond donors (Lipinski definition) is 3. The number of fused-ring (bicyclic) bond motifs is 4. The van der Waals surface area contributed by atoms with E-state index < -0.39 is 35.7 Å². The van der Waals surface area contributed by atoms with Crippen molar-refractivity contribution in [1.29, 1.82) is 0 Å². The molecule has 11 nitrogen and oxygen atoms in total. The molecule has 4 aliphatic rings. The smallest absolute Gasteiger partial charge is 0.334 e. The predicted octanol–water partition coefficient (Wildman–Crippen LogP) is 2.17. The summed E-state index contributed by atoms with van der Waals surface area (Å²) >= 11 is 0. The fourth-order valence-electron chi connectivity index (χ4n) is 6.12. The monoisotopic (exact) mass is 543 g/mol. The highest BCUT2D eigenvalue weighted by molar-refractivity contribution is 5.98. The molecule has 2 unspecified atom stereocenters. The van der Waals surface area contributed by atoms with E-state index in [9.17, 15) is 9.59 Å². The third-order valence-electron chi connectivity index (χ3n) is 8.10. The molecule has 0 radical (unpaired) electrons. The largest absolute Gasteiger partial charge is 0.473 e. The average Bonchev–Trinajstić information content (AvgIpc) is 3.71. The lowest BCUT2D eigenvalue weighted by molar-refractivity contribution is -0.142. The number of esters is 1. The van der Waals surface area contributed by atoms with E-state index in [1.54, 1.807) is 0 Å². The van der Waals surface area contributed by atoms with Crippen LogP contribution < -0.4 is 21.1 Å². The van der Waals surface area contributed by atoms with Crippen LogP contribution in [0.5, 0.6) is 5.75 Å². The number of hydrogen-bond acceptors (Lipinski definition) is 10. The topological polar surface area (TPSA) is 150 Å². The maximum Gasteiger partial charge on any atom is 0.334 e. The molecule has 3 aromatic rings. The van der Waals surface area contributed by atoms with Crippen LogP contribution in [-0.4, -0.2) is 54.8 Å². The van der Waals surface area contributed by atoms with E-state index in [0.717, 1.165) is 22.4 Å². The van der Waals surface area contributed by atoms with Crippen LogP contribution in [0.2, 0.25) is 0 Å². The number of aromatic nitrogens is 1. The molecule has 1 amide bonds. The fourth-order valence-corrected chi connectivity index (χ4v) is 6.12. The summed E-state index contributed by atoms with van der Waals surface area (Å²) < 4.78 is 24.1. The number of para-hydroxylation sites is 1. The normalized spacial score (nSPS) is 27.7. The van der Waals surface area contributed by atoms with Crippen molar-refractivity contribution in [2.45, 2.75) is 50.0 Å². The number of carbonyl (C=O) groups is 2. The van der Waals surface area contributed by atoms with Gasteiger partial charge >= 0.3 is 5.97 Å². The molecular weight excluding hydrogens is 514 g/mol. The van der Waals surface area contributed by atoms with Crippen LogP contribution in [0.3, 0.4) is 0 Å². The molecule has 11 heteroatoms. The number of nitrogens with one attached hydrogen (secondary N) is 2. The van der Waals surface area contributed by atoms with Gasteiger partial charge in [-0.25, -0.2) is 14.8 Å². The molecule has 40 heavy (non-hydrogen) atoms. The van der Waals surface area contributed by atoms with Crippen molar-refractivity contribution in [3.63, 3.8) is 0 Å². The van der Waals surface area contributed by atoms with Crippen molar-refractivity contribution in [3.8, 4) is 5.75 Å². The van der Waals surface area contributed by atoms with Crippen LogP contribution in [0.15, 0.2) is 51.9 Å². The van der Waals surface area contributed by atoms with Gasteiger partial charge in [0.1, 0.15) is 23.8 Å². The van der Waals surface area contributed by atoms with Crippen molar-refractivity contribution < 1.29 is 28.2 Å². The highest BCUT2D eigenvalue weighted by Gasteiger charge is 2.61. The van der Waals surface area contributed by atoms with Crippen LogP contribution in [0, 0.1) is 5.92 Å². The lowest BCUT2D eigenvalue weighted by atomic mass is 9.72. The van der Waals surface area contributed by atoms with Crippen LogP contribution in [0.1, 0.15) is 53.9 Å². The zero-order chi connectivity index (χ0) is 27.8. The summed E-state index contributed by atoms with van der Waals surface area (Å²) in [6, 6.07) is 11.6. The quantitative estimate of drug-likeness (QED) is 0.422. The number of anilines is 1. The Hall–Kier alpha value is -4.38. The van der Waals surface area contributed by atoms with Crippen molar-refractivity contribution >= 4 is 23.5 Å². The summed E-state index contributed by atoms with van der Waals surface area (Å²) in [5.74, 6) is 0.697. The van der Waals surface area contributed by atoms with E-state index in [2.05, 4.69) is 15.6 Å². The summed E-state index contributed by atoms with van der Waals surface area (Å²) in [5.41, 5.74) is 9.34. The van der Waals surface area contributed by atoms with Gasteiger partial charge in [0, 0.05) is 11.3 Å². The fraction of sp³-hybridized carbons (Fsp3) is 0.379. The van der Waals surface area contributed by atoms with Gasteiger partial charge in [0.2, 0.25) is 17.7 Å². The number of amides is 1. The van der Waals surface area contributed by atoms with Crippen molar-refractivity contribution in [3.05, 3.63) is 76.5 Å². The first-order valence-electron chi connectivity index (χ1n) is 13.3. The number of ether oxygens (including phenoxy) is 3. The minimum Gasteiger partial charge on any atom is -0.473 e. The van der Waals surface area contributed by atoms with Crippen molar-refractivity contribution in [2.24, 2.45) is 16.6 Å². The Morgan fingerprint density at radius 2 is 2.00 bits per heavy atom. The summed E-state index contributed by atoms with van der Waals surface area (Å²) in [5, 5.41) is 6.56. The molecule has 2 aromatic carbocycles. The molecule has 1 spiro atoms. The molecular formula is C29H29N5O6. The number of nitrogens with two attached hydrogens (primary N) is 1. The van der Waals surface area contributed by atoms with E-state index in [0.29, 0.717) is 23.6 Å². The van der Waals surface area contributed by atoms with E-state index in [-0.39, 0.29) is 30.2 Å². The van der Waals surface area contributed by atoms with E-state index in [1.807, 2.05) is 56.3 Å². The first-order valence-corrected chi connectivity index (χ1v) is 13.3. The van der Waals surface area contributed by atoms with Crippen LogP contribution in [0.25, 0.3) is 0 Å². The minimum atomic E-state index is -0.966. The summed E-state index contributed by atoms with van der Waals surface area (Å²) in [6.07, 6.45) is -0.216. The highest BCUT2D eigenvalue weighted by atomic mass is 16.5. The molecule has 0 saturated heterocycles. The number of methoxy groups -OCH3 is 1. The molecule has 206 valence electrons. The lowest BCUT2D eigenvalue weighted by Gasteiger charge is -2.28. The van der Waals surface area contributed by atoms with Crippen LogP contribution in [-0.2, 0) is 30.9 Å². The predicted molar refractivity (Wildman–Crippen MR) is 143 cm³/mol. The Labute approximate surface area is 230 Å². The van der Waals surface area contributed by atoms with Gasteiger partial charge in [-0.15, -0.1) is 0 Å². The zero-order valence-electron chi connectivity index (χ0n) is 22.3. The Morgan fingerprint density at radius 3 is 2.80 bits per heavy atom. The molecule has 0 saturated carbocycles. The molecule has 0 fully saturated rings. The second-order valence-corrected chi connectivity index (χ2v) is 10.9. The maximum atomic E-state index is 13.2. The van der Waals surface area contributed by atoms with Gasteiger partial charge in [0.25, 0.3) is 0 Å².